The Morgan fingerprint density at radius 3 is 2.96 bits per heavy atom. The molecule has 0 aromatic carbocycles. The van der Waals surface area contributed by atoms with Crippen molar-refractivity contribution < 1.29 is 9.59 Å². The van der Waals surface area contributed by atoms with E-state index in [1.807, 2.05) is 27.8 Å². The molecule has 3 N–H and O–H groups in total. The van der Waals surface area contributed by atoms with Crippen molar-refractivity contribution in [3.05, 3.63) is 33.5 Å². The Kier molecular flexibility index (Phi) is 6.39. The molecule has 0 aliphatic carbocycles. The number of hydrogen-bond donors (Lipinski definition) is 2. The first-order valence-electron chi connectivity index (χ1n) is 8.81. The summed E-state index contributed by atoms with van der Waals surface area (Å²) in [5.74, 6) is 0.582. The van der Waals surface area contributed by atoms with E-state index in [1.54, 1.807) is 11.3 Å². The number of nitrogens with one attached hydrogen (secondary N) is 1. The van der Waals surface area contributed by atoms with Crippen LogP contribution in [0.5, 0.6) is 0 Å². The number of carbonyl (C=O) groups excluding carboxylic acids is 2. The molecule has 2 aromatic rings. The molecule has 3 heterocycles. The van der Waals surface area contributed by atoms with E-state index in [-0.39, 0.29) is 24.3 Å². The second-order valence-corrected chi connectivity index (χ2v) is 8.62. The van der Waals surface area contributed by atoms with Crippen LogP contribution in [0.4, 0.5) is 5.13 Å². The van der Waals surface area contributed by atoms with Crippen LogP contribution in [0.3, 0.4) is 0 Å². The van der Waals surface area contributed by atoms with Crippen molar-refractivity contribution in [2.45, 2.75) is 38.6 Å². The molecule has 0 saturated carbocycles. The number of anilines is 1. The normalized spacial score (nSPS) is 20.2. The Morgan fingerprint density at radius 2 is 2.23 bits per heavy atom. The lowest BCUT2D eigenvalue weighted by Gasteiger charge is -2.38. The second kappa shape index (κ2) is 8.75. The Balaban J connectivity index is 1.54. The fraction of sp³-hybridized carbons (Fsp3) is 0.500. The minimum absolute atomic E-state index is 0.0640. The molecule has 140 valence electrons. The van der Waals surface area contributed by atoms with E-state index in [2.05, 4.69) is 17.2 Å². The summed E-state index contributed by atoms with van der Waals surface area (Å²) in [6, 6.07) is 3.98. The summed E-state index contributed by atoms with van der Waals surface area (Å²) in [5.41, 5.74) is 6.54. The zero-order chi connectivity index (χ0) is 18.5. The van der Waals surface area contributed by atoms with Crippen LogP contribution in [0.2, 0.25) is 0 Å². The van der Waals surface area contributed by atoms with Crippen molar-refractivity contribution >= 4 is 39.6 Å². The first-order valence-corrected chi connectivity index (χ1v) is 10.6. The highest BCUT2D eigenvalue weighted by Gasteiger charge is 2.29. The van der Waals surface area contributed by atoms with Crippen LogP contribution < -0.4 is 11.1 Å². The number of rotatable bonds is 6. The van der Waals surface area contributed by atoms with Gasteiger partial charge in [0, 0.05) is 29.4 Å². The van der Waals surface area contributed by atoms with E-state index >= 15 is 0 Å². The fourth-order valence-electron chi connectivity index (χ4n) is 3.24. The molecule has 26 heavy (non-hydrogen) atoms. The quantitative estimate of drug-likeness (QED) is 0.791. The number of thiazole rings is 1. The third-order valence-corrected chi connectivity index (χ3v) is 6.30. The van der Waals surface area contributed by atoms with Gasteiger partial charge in [0.25, 0.3) is 0 Å². The maximum Gasteiger partial charge on any atom is 0.231 e. The van der Waals surface area contributed by atoms with Crippen molar-refractivity contribution in [3.63, 3.8) is 0 Å². The summed E-state index contributed by atoms with van der Waals surface area (Å²) in [6.45, 7) is 3.46. The summed E-state index contributed by atoms with van der Waals surface area (Å²) in [7, 11) is 0. The number of piperidine rings is 1. The lowest BCUT2D eigenvalue weighted by Crippen LogP contribution is -2.49. The first-order chi connectivity index (χ1) is 12.5. The highest BCUT2D eigenvalue weighted by molar-refractivity contribution is 7.14. The molecular weight excluding hydrogens is 368 g/mol. The van der Waals surface area contributed by atoms with E-state index in [1.165, 1.54) is 11.3 Å². The van der Waals surface area contributed by atoms with Crippen molar-refractivity contribution in [1.82, 2.24) is 9.88 Å². The van der Waals surface area contributed by atoms with Gasteiger partial charge in [-0.05, 0) is 30.2 Å². The average molecular weight is 393 g/mol. The Hall–Kier alpha value is -1.77. The van der Waals surface area contributed by atoms with Crippen LogP contribution in [0.25, 0.3) is 0 Å². The zero-order valence-corrected chi connectivity index (χ0v) is 16.4. The third kappa shape index (κ3) is 4.90. The number of nitrogens with zero attached hydrogens (tertiary/aromatic N) is 2. The van der Waals surface area contributed by atoms with Gasteiger partial charge in [0.1, 0.15) is 0 Å². The molecule has 2 amide bonds. The lowest BCUT2D eigenvalue weighted by molar-refractivity contribution is -0.134. The Bertz CT molecular complexity index is 744. The Labute approximate surface area is 161 Å². The molecule has 0 radical (unpaired) electrons. The Morgan fingerprint density at radius 1 is 1.38 bits per heavy atom. The molecule has 1 aliphatic rings. The summed E-state index contributed by atoms with van der Waals surface area (Å²) < 4.78 is 0. The molecule has 6 nitrogen and oxygen atoms in total. The average Bonchev–Trinajstić information content (AvgIpc) is 3.26. The molecule has 2 unspecified atom stereocenters. The predicted octanol–water partition coefficient (Wildman–Crippen LogP) is 2.51. The molecule has 0 bridgehead atoms. The van der Waals surface area contributed by atoms with Crippen molar-refractivity contribution in [2.24, 2.45) is 11.7 Å². The van der Waals surface area contributed by atoms with Gasteiger partial charge in [-0.1, -0.05) is 13.0 Å². The van der Waals surface area contributed by atoms with Crippen LogP contribution in [-0.2, 0) is 22.4 Å². The molecule has 8 heteroatoms. The third-order valence-electron chi connectivity index (χ3n) is 4.62. The van der Waals surface area contributed by atoms with E-state index in [0.717, 1.165) is 24.3 Å². The van der Waals surface area contributed by atoms with Gasteiger partial charge < -0.3 is 16.0 Å². The number of likely N-dealkylation sites (tertiary alicyclic amines) is 1. The van der Waals surface area contributed by atoms with E-state index in [0.29, 0.717) is 29.7 Å². The summed E-state index contributed by atoms with van der Waals surface area (Å²) in [4.78, 5) is 32.0. The number of thiophene rings is 1. The number of carbonyl (C=O) groups is 2. The van der Waals surface area contributed by atoms with E-state index < -0.39 is 0 Å². The number of nitrogens with two attached hydrogens (primary N) is 1. The molecule has 2 atom stereocenters. The maximum absolute atomic E-state index is 12.6. The monoisotopic (exact) mass is 392 g/mol. The smallest absolute Gasteiger partial charge is 0.231 e. The number of aromatic nitrogens is 1. The highest BCUT2D eigenvalue weighted by atomic mass is 32.1. The highest BCUT2D eigenvalue weighted by Crippen LogP contribution is 2.23. The van der Waals surface area contributed by atoms with Gasteiger partial charge in [-0.2, -0.15) is 0 Å². The van der Waals surface area contributed by atoms with Gasteiger partial charge in [0.15, 0.2) is 5.13 Å². The fourth-order valence-corrected chi connectivity index (χ4v) is 4.67. The zero-order valence-electron chi connectivity index (χ0n) is 14.8. The van der Waals surface area contributed by atoms with Gasteiger partial charge in [0.05, 0.1) is 18.5 Å². The SMILES string of the molecule is CC1CCN(C(=O)Cc2csc(NC(=O)Cc3cccs3)n2)C(CN)C1. The van der Waals surface area contributed by atoms with Gasteiger partial charge in [-0.15, -0.1) is 22.7 Å². The number of amides is 2. The predicted molar refractivity (Wildman–Crippen MR) is 105 cm³/mol. The molecule has 1 aliphatic heterocycles. The summed E-state index contributed by atoms with van der Waals surface area (Å²) in [5, 5.41) is 7.13. The topological polar surface area (TPSA) is 88.3 Å². The standard InChI is InChI=1S/C18H24N4O2S2/c1-12-4-5-22(14(7-12)10-19)17(24)8-13-11-26-18(20-13)21-16(23)9-15-3-2-6-25-15/h2-3,6,11-12,14H,4-5,7-10,19H2,1H3,(H,20,21,23). The van der Waals surface area contributed by atoms with E-state index in [4.69, 9.17) is 5.73 Å². The molecule has 1 saturated heterocycles. The molecule has 3 rings (SSSR count). The number of hydrogen-bond acceptors (Lipinski definition) is 6. The summed E-state index contributed by atoms with van der Waals surface area (Å²) in [6.07, 6.45) is 2.57. The van der Waals surface area contributed by atoms with Crippen LogP contribution in [0.15, 0.2) is 22.9 Å². The lowest BCUT2D eigenvalue weighted by atomic mass is 9.92. The van der Waals surface area contributed by atoms with Crippen molar-refractivity contribution in [3.8, 4) is 0 Å². The molecule has 1 fully saturated rings. The van der Waals surface area contributed by atoms with Crippen LogP contribution in [-0.4, -0.2) is 40.8 Å². The van der Waals surface area contributed by atoms with Gasteiger partial charge in [0.2, 0.25) is 11.8 Å². The van der Waals surface area contributed by atoms with Gasteiger partial charge >= 0.3 is 0 Å². The molecular formula is C18H24N4O2S2. The molecule has 0 spiro atoms. The van der Waals surface area contributed by atoms with Gasteiger partial charge in [-0.25, -0.2) is 4.98 Å². The van der Waals surface area contributed by atoms with Crippen LogP contribution in [0.1, 0.15) is 30.3 Å². The van der Waals surface area contributed by atoms with Gasteiger partial charge in [-0.3, -0.25) is 9.59 Å². The maximum atomic E-state index is 12.6. The van der Waals surface area contributed by atoms with Crippen molar-refractivity contribution in [2.75, 3.05) is 18.4 Å². The minimum Gasteiger partial charge on any atom is -0.338 e. The minimum atomic E-state index is -0.0899. The second-order valence-electron chi connectivity index (χ2n) is 6.73. The molecule has 2 aromatic heterocycles. The largest absolute Gasteiger partial charge is 0.338 e. The van der Waals surface area contributed by atoms with Crippen molar-refractivity contribution in [1.29, 1.82) is 0 Å². The van der Waals surface area contributed by atoms with Crippen LogP contribution >= 0.6 is 22.7 Å². The van der Waals surface area contributed by atoms with E-state index in [9.17, 15) is 9.59 Å². The first kappa shape index (κ1) is 19.0. The summed E-state index contributed by atoms with van der Waals surface area (Å²) >= 11 is 2.91. The van der Waals surface area contributed by atoms with Crippen LogP contribution in [0, 0.1) is 5.92 Å².